The molecule has 0 spiro atoms. The normalized spacial score (nSPS) is 11.0. The van der Waals surface area contributed by atoms with E-state index in [1.54, 1.807) is 23.5 Å². The predicted octanol–water partition coefficient (Wildman–Crippen LogP) is 3.57. The summed E-state index contributed by atoms with van der Waals surface area (Å²) in [5.74, 6) is 0. The van der Waals surface area contributed by atoms with E-state index in [1.165, 1.54) is 4.68 Å². The van der Waals surface area contributed by atoms with Crippen LogP contribution in [0.15, 0.2) is 71.5 Å². The van der Waals surface area contributed by atoms with Gasteiger partial charge in [-0.1, -0.05) is 42.5 Å². The van der Waals surface area contributed by atoms with Gasteiger partial charge in [0.15, 0.2) is 0 Å². The molecule has 4 rings (SSSR count). The van der Waals surface area contributed by atoms with Crippen molar-refractivity contribution in [1.82, 2.24) is 14.8 Å². The van der Waals surface area contributed by atoms with E-state index < -0.39 is 0 Å². The van der Waals surface area contributed by atoms with Gasteiger partial charge in [0.25, 0.3) is 5.56 Å². The summed E-state index contributed by atoms with van der Waals surface area (Å²) in [6.07, 6.45) is 0. The lowest BCUT2D eigenvalue weighted by atomic mass is 10.1. The monoisotopic (exact) mass is 319 g/mol. The third-order valence-electron chi connectivity index (χ3n) is 3.56. The minimum absolute atomic E-state index is 0.121. The van der Waals surface area contributed by atoms with E-state index in [-0.39, 0.29) is 5.56 Å². The molecule has 0 atom stereocenters. The van der Waals surface area contributed by atoms with Gasteiger partial charge in [-0.05, 0) is 18.2 Å². The Hall–Kier alpha value is -2.79. The molecule has 0 amide bonds. The molecule has 5 heteroatoms. The lowest BCUT2D eigenvalue weighted by molar-refractivity contribution is 0.641. The number of aromatic nitrogens is 3. The van der Waals surface area contributed by atoms with Crippen molar-refractivity contribution in [2.45, 2.75) is 6.54 Å². The molecule has 0 bridgehead atoms. The molecule has 0 N–H and O–H groups in total. The van der Waals surface area contributed by atoms with Crippen molar-refractivity contribution in [3.63, 3.8) is 0 Å². The Morgan fingerprint density at radius 3 is 2.52 bits per heavy atom. The summed E-state index contributed by atoms with van der Waals surface area (Å²) >= 11 is 1.59. The Balaban J connectivity index is 1.72. The third kappa shape index (κ3) is 2.78. The average molecular weight is 319 g/mol. The second kappa shape index (κ2) is 5.78. The van der Waals surface area contributed by atoms with E-state index in [4.69, 9.17) is 0 Å². The van der Waals surface area contributed by atoms with Gasteiger partial charge in [-0.2, -0.15) is 5.10 Å². The van der Waals surface area contributed by atoms with Crippen molar-refractivity contribution >= 4 is 21.6 Å². The fourth-order valence-corrected chi connectivity index (χ4v) is 3.39. The Kier molecular flexibility index (Phi) is 3.48. The molecule has 2 aromatic heterocycles. The first-order chi connectivity index (χ1) is 11.3. The molecular weight excluding hydrogens is 306 g/mol. The lowest BCUT2D eigenvalue weighted by Gasteiger charge is -2.05. The Bertz CT molecular complexity index is 988. The zero-order valence-corrected chi connectivity index (χ0v) is 13.0. The summed E-state index contributed by atoms with van der Waals surface area (Å²) in [6.45, 7) is 0.388. The van der Waals surface area contributed by atoms with Crippen LogP contribution in [0.25, 0.3) is 21.5 Å². The number of benzene rings is 2. The second-order valence-corrected chi connectivity index (χ2v) is 6.27. The topological polar surface area (TPSA) is 47.8 Å². The van der Waals surface area contributed by atoms with Gasteiger partial charge in [0.2, 0.25) is 0 Å². The van der Waals surface area contributed by atoms with Crippen LogP contribution in [-0.2, 0) is 6.54 Å². The molecule has 0 aliphatic carbocycles. The van der Waals surface area contributed by atoms with Crippen LogP contribution >= 0.6 is 11.3 Å². The van der Waals surface area contributed by atoms with Gasteiger partial charge < -0.3 is 0 Å². The second-order valence-electron chi connectivity index (χ2n) is 5.16. The van der Waals surface area contributed by atoms with Crippen LogP contribution in [0.3, 0.4) is 0 Å². The Morgan fingerprint density at radius 1 is 0.913 bits per heavy atom. The molecule has 0 fully saturated rings. The average Bonchev–Trinajstić information content (AvgIpc) is 3.00. The van der Waals surface area contributed by atoms with E-state index in [0.29, 0.717) is 6.54 Å². The number of rotatable bonds is 3. The highest BCUT2D eigenvalue weighted by atomic mass is 32.1. The molecule has 0 aliphatic rings. The van der Waals surface area contributed by atoms with Gasteiger partial charge in [-0.15, -0.1) is 11.3 Å². The minimum atomic E-state index is -0.121. The first-order valence-electron chi connectivity index (χ1n) is 7.28. The van der Waals surface area contributed by atoms with Gasteiger partial charge in [0, 0.05) is 11.6 Å². The van der Waals surface area contributed by atoms with Crippen molar-refractivity contribution in [3.05, 3.63) is 82.1 Å². The number of thiazole rings is 1. The maximum Gasteiger partial charge on any atom is 0.267 e. The molecule has 23 heavy (non-hydrogen) atoms. The van der Waals surface area contributed by atoms with Crippen LogP contribution in [-0.4, -0.2) is 14.8 Å². The smallest absolute Gasteiger partial charge is 0.267 e. The molecule has 4 aromatic rings. The van der Waals surface area contributed by atoms with Crippen LogP contribution in [0, 0.1) is 0 Å². The molecule has 2 heterocycles. The van der Waals surface area contributed by atoms with Gasteiger partial charge in [-0.25, -0.2) is 9.67 Å². The standard InChI is InChI=1S/C18H13N3OS/c22-18-11-10-14(13-6-2-1-3-7-13)20-21(18)12-17-19-15-8-4-5-9-16(15)23-17/h1-11H,12H2. The predicted molar refractivity (Wildman–Crippen MR) is 92.7 cm³/mol. The molecule has 0 unspecified atom stereocenters. The summed E-state index contributed by atoms with van der Waals surface area (Å²) in [5.41, 5.74) is 2.61. The van der Waals surface area contributed by atoms with Crippen molar-refractivity contribution in [3.8, 4) is 11.3 Å². The summed E-state index contributed by atoms with van der Waals surface area (Å²) in [7, 11) is 0. The molecule has 0 radical (unpaired) electrons. The van der Waals surface area contributed by atoms with Crippen molar-refractivity contribution < 1.29 is 0 Å². The summed E-state index contributed by atoms with van der Waals surface area (Å²) in [6, 6.07) is 21.1. The SMILES string of the molecule is O=c1ccc(-c2ccccc2)nn1Cc1nc2ccccc2s1. The largest absolute Gasteiger partial charge is 0.268 e. The van der Waals surface area contributed by atoms with E-state index in [0.717, 1.165) is 26.5 Å². The van der Waals surface area contributed by atoms with E-state index in [1.807, 2.05) is 54.6 Å². The molecular formula is C18H13N3OS. The zero-order chi connectivity index (χ0) is 15.6. The molecule has 0 aliphatic heterocycles. The lowest BCUT2D eigenvalue weighted by Crippen LogP contribution is -2.22. The number of hydrogen-bond acceptors (Lipinski definition) is 4. The van der Waals surface area contributed by atoms with Gasteiger partial charge >= 0.3 is 0 Å². The highest BCUT2D eigenvalue weighted by molar-refractivity contribution is 7.18. The van der Waals surface area contributed by atoms with E-state index >= 15 is 0 Å². The third-order valence-corrected chi connectivity index (χ3v) is 4.58. The summed E-state index contributed by atoms with van der Waals surface area (Å²) in [5, 5.41) is 5.36. The highest BCUT2D eigenvalue weighted by Gasteiger charge is 2.07. The molecule has 2 aromatic carbocycles. The fourth-order valence-electron chi connectivity index (χ4n) is 2.44. The summed E-state index contributed by atoms with van der Waals surface area (Å²) < 4.78 is 2.59. The van der Waals surface area contributed by atoms with Gasteiger partial charge in [-0.3, -0.25) is 4.79 Å². The highest BCUT2D eigenvalue weighted by Crippen LogP contribution is 2.22. The maximum absolute atomic E-state index is 12.1. The quantitative estimate of drug-likeness (QED) is 0.580. The van der Waals surface area contributed by atoms with E-state index in [9.17, 15) is 4.79 Å². The molecule has 4 nitrogen and oxygen atoms in total. The maximum atomic E-state index is 12.1. The van der Waals surface area contributed by atoms with Gasteiger partial charge in [0.1, 0.15) is 5.01 Å². The van der Waals surface area contributed by atoms with Gasteiger partial charge in [0.05, 0.1) is 22.5 Å². The van der Waals surface area contributed by atoms with Crippen LogP contribution in [0.5, 0.6) is 0 Å². The van der Waals surface area contributed by atoms with E-state index in [2.05, 4.69) is 10.1 Å². The molecule has 0 saturated carbocycles. The number of fused-ring (bicyclic) bond motifs is 1. The first kappa shape index (κ1) is 13.8. The first-order valence-corrected chi connectivity index (χ1v) is 8.09. The fraction of sp³-hybridized carbons (Fsp3) is 0.0556. The minimum Gasteiger partial charge on any atom is -0.268 e. The van der Waals surface area contributed by atoms with Crippen molar-refractivity contribution in [2.75, 3.05) is 0 Å². The zero-order valence-electron chi connectivity index (χ0n) is 12.2. The molecule has 0 saturated heterocycles. The van der Waals surface area contributed by atoms with Crippen LogP contribution in [0.1, 0.15) is 5.01 Å². The Labute approximate surface area is 136 Å². The van der Waals surface area contributed by atoms with Crippen LogP contribution in [0.4, 0.5) is 0 Å². The van der Waals surface area contributed by atoms with Crippen LogP contribution in [0.2, 0.25) is 0 Å². The Morgan fingerprint density at radius 2 is 1.70 bits per heavy atom. The summed E-state index contributed by atoms with van der Waals surface area (Å²) in [4.78, 5) is 16.7. The molecule has 112 valence electrons. The van der Waals surface area contributed by atoms with Crippen LogP contribution < -0.4 is 5.56 Å². The number of para-hydroxylation sites is 1. The number of nitrogens with zero attached hydrogens (tertiary/aromatic N) is 3. The number of hydrogen-bond donors (Lipinski definition) is 0. The van der Waals surface area contributed by atoms with Crippen molar-refractivity contribution in [1.29, 1.82) is 0 Å². The van der Waals surface area contributed by atoms with Crippen molar-refractivity contribution in [2.24, 2.45) is 0 Å².